The Bertz CT molecular complexity index is 1480. The van der Waals surface area contributed by atoms with Crippen LogP contribution in [0.15, 0.2) is 70.2 Å². The van der Waals surface area contributed by atoms with Gasteiger partial charge in [-0.05, 0) is 61.4 Å². The number of fused-ring (bicyclic) bond motifs is 1. The minimum Gasteiger partial charge on any atom is -0.497 e. The van der Waals surface area contributed by atoms with Crippen LogP contribution in [0.1, 0.15) is 18.6 Å². The molecule has 194 valence electrons. The van der Waals surface area contributed by atoms with Crippen LogP contribution in [-0.2, 0) is 21.4 Å². The molecule has 5 rings (SSSR count). The van der Waals surface area contributed by atoms with E-state index in [1.807, 2.05) is 18.2 Å². The zero-order chi connectivity index (χ0) is 26.0. The molecule has 0 spiro atoms. The lowest BCUT2D eigenvalue weighted by molar-refractivity contribution is -0.123. The number of carbonyl (C=O) groups is 1. The van der Waals surface area contributed by atoms with Crippen LogP contribution in [0.3, 0.4) is 0 Å². The van der Waals surface area contributed by atoms with Crippen LogP contribution in [0.5, 0.6) is 11.5 Å². The second-order valence-electron chi connectivity index (χ2n) is 8.68. The molecule has 11 heteroatoms. The van der Waals surface area contributed by atoms with Crippen molar-refractivity contribution in [3.05, 3.63) is 66.6 Å². The van der Waals surface area contributed by atoms with E-state index >= 15 is 0 Å². The standard InChI is InChI=1S/C26H27N3O6S2/c1-33-19-10-12-21(13-11-19)37(31,32)28-14-4-6-18(16-28)25(30)29(17-20-7-5-15-35-20)26-27-24-22(34-2)8-3-9-23(24)36-26/h3,5,7-13,15,18H,4,6,14,16-17H2,1-2H3. The number of piperidine rings is 1. The number of sulfonamides is 1. The summed E-state index contributed by atoms with van der Waals surface area (Å²) in [5.74, 6) is 1.10. The number of methoxy groups -OCH3 is 2. The number of ether oxygens (including phenoxy) is 2. The van der Waals surface area contributed by atoms with E-state index in [1.165, 1.54) is 34.9 Å². The van der Waals surface area contributed by atoms with Crippen molar-refractivity contribution < 1.29 is 27.1 Å². The van der Waals surface area contributed by atoms with E-state index in [0.29, 0.717) is 47.3 Å². The smallest absolute Gasteiger partial charge is 0.243 e. The van der Waals surface area contributed by atoms with Crippen molar-refractivity contribution in [3.8, 4) is 11.5 Å². The topological polar surface area (TPSA) is 102 Å². The zero-order valence-corrected chi connectivity index (χ0v) is 22.1. The quantitative estimate of drug-likeness (QED) is 0.323. The van der Waals surface area contributed by atoms with Gasteiger partial charge in [-0.2, -0.15) is 4.31 Å². The van der Waals surface area contributed by atoms with E-state index in [9.17, 15) is 13.2 Å². The summed E-state index contributed by atoms with van der Waals surface area (Å²) in [6, 6.07) is 15.5. The lowest BCUT2D eigenvalue weighted by Crippen LogP contribution is -2.46. The molecule has 1 saturated heterocycles. The molecule has 0 N–H and O–H groups in total. The average Bonchev–Trinajstić information content (AvgIpc) is 3.61. The van der Waals surface area contributed by atoms with Crippen molar-refractivity contribution in [1.29, 1.82) is 0 Å². The predicted octanol–water partition coefficient (Wildman–Crippen LogP) is 4.54. The van der Waals surface area contributed by atoms with Gasteiger partial charge in [0.25, 0.3) is 0 Å². The molecule has 1 aliphatic rings. The van der Waals surface area contributed by atoms with Crippen LogP contribution in [0, 0.1) is 5.92 Å². The number of nitrogens with zero attached hydrogens (tertiary/aromatic N) is 3. The minimum atomic E-state index is -3.76. The molecule has 4 aromatic rings. The van der Waals surface area contributed by atoms with Gasteiger partial charge in [-0.25, -0.2) is 13.4 Å². The number of amides is 1. The summed E-state index contributed by atoms with van der Waals surface area (Å²) >= 11 is 1.38. The maximum Gasteiger partial charge on any atom is 0.243 e. The van der Waals surface area contributed by atoms with E-state index in [4.69, 9.17) is 18.9 Å². The molecule has 2 aromatic heterocycles. The van der Waals surface area contributed by atoms with Gasteiger partial charge in [0.1, 0.15) is 22.8 Å². The first-order chi connectivity index (χ1) is 17.9. The van der Waals surface area contributed by atoms with E-state index < -0.39 is 15.9 Å². The van der Waals surface area contributed by atoms with Gasteiger partial charge in [-0.15, -0.1) is 0 Å². The molecule has 1 unspecified atom stereocenters. The fourth-order valence-corrected chi connectivity index (χ4v) is 6.98. The number of rotatable bonds is 8. The Morgan fingerprint density at radius 2 is 1.95 bits per heavy atom. The lowest BCUT2D eigenvalue weighted by Gasteiger charge is -2.33. The summed E-state index contributed by atoms with van der Waals surface area (Å²) in [7, 11) is -0.653. The molecule has 37 heavy (non-hydrogen) atoms. The molecule has 0 bridgehead atoms. The van der Waals surface area contributed by atoms with Gasteiger partial charge < -0.3 is 13.9 Å². The Kier molecular flexibility index (Phi) is 7.18. The second-order valence-corrected chi connectivity index (χ2v) is 11.6. The van der Waals surface area contributed by atoms with Gasteiger partial charge in [0.05, 0.1) is 42.5 Å². The first-order valence-corrected chi connectivity index (χ1v) is 14.1. The first-order valence-electron chi connectivity index (χ1n) is 11.8. The molecule has 0 radical (unpaired) electrons. The van der Waals surface area contributed by atoms with Crippen LogP contribution >= 0.6 is 11.3 Å². The molecule has 1 amide bonds. The first kappa shape index (κ1) is 25.2. The normalized spacial score (nSPS) is 16.5. The number of hydrogen-bond donors (Lipinski definition) is 0. The summed E-state index contributed by atoms with van der Waals surface area (Å²) in [6.45, 7) is 0.639. The number of carbonyl (C=O) groups excluding carboxylic acids is 1. The van der Waals surface area contributed by atoms with Gasteiger partial charge in [0.15, 0.2) is 5.13 Å². The second kappa shape index (κ2) is 10.5. The number of benzene rings is 2. The molecule has 1 fully saturated rings. The van der Waals surface area contributed by atoms with Gasteiger partial charge >= 0.3 is 0 Å². The molecule has 3 heterocycles. The third-order valence-electron chi connectivity index (χ3n) is 6.41. The van der Waals surface area contributed by atoms with Gasteiger partial charge in [0.2, 0.25) is 15.9 Å². The number of para-hydroxylation sites is 1. The van der Waals surface area contributed by atoms with Crippen molar-refractivity contribution in [1.82, 2.24) is 9.29 Å². The highest BCUT2D eigenvalue weighted by Gasteiger charge is 2.36. The fraction of sp³-hybridized carbons (Fsp3) is 0.308. The molecule has 2 aromatic carbocycles. The monoisotopic (exact) mass is 541 g/mol. The van der Waals surface area contributed by atoms with Crippen molar-refractivity contribution in [2.45, 2.75) is 24.3 Å². The Morgan fingerprint density at radius 3 is 2.65 bits per heavy atom. The Hall–Kier alpha value is -3.41. The molecule has 1 atom stereocenters. The van der Waals surface area contributed by atoms with Crippen LogP contribution in [0.25, 0.3) is 10.2 Å². The van der Waals surface area contributed by atoms with Crippen LogP contribution in [-0.4, -0.2) is 50.9 Å². The van der Waals surface area contributed by atoms with E-state index in [-0.39, 0.29) is 23.9 Å². The molecular weight excluding hydrogens is 514 g/mol. The molecule has 9 nitrogen and oxygen atoms in total. The largest absolute Gasteiger partial charge is 0.497 e. The van der Waals surface area contributed by atoms with E-state index in [0.717, 1.165) is 4.70 Å². The van der Waals surface area contributed by atoms with Crippen molar-refractivity contribution in [2.24, 2.45) is 5.92 Å². The Labute approximate surface area is 219 Å². The maximum absolute atomic E-state index is 13.9. The average molecular weight is 542 g/mol. The zero-order valence-electron chi connectivity index (χ0n) is 20.5. The highest BCUT2D eigenvalue weighted by atomic mass is 32.2. The molecule has 1 aliphatic heterocycles. The third kappa shape index (κ3) is 5.07. The molecule has 0 aliphatic carbocycles. The van der Waals surface area contributed by atoms with Crippen LogP contribution < -0.4 is 14.4 Å². The van der Waals surface area contributed by atoms with Gasteiger partial charge in [-0.1, -0.05) is 17.4 Å². The number of aromatic nitrogens is 1. The van der Waals surface area contributed by atoms with Crippen molar-refractivity contribution >= 4 is 42.6 Å². The van der Waals surface area contributed by atoms with Crippen molar-refractivity contribution in [2.75, 3.05) is 32.2 Å². The summed E-state index contributed by atoms with van der Waals surface area (Å²) in [4.78, 5) is 20.4. The number of anilines is 1. The number of hydrogen-bond acceptors (Lipinski definition) is 8. The predicted molar refractivity (Wildman–Crippen MR) is 141 cm³/mol. The van der Waals surface area contributed by atoms with Gasteiger partial charge in [-0.3, -0.25) is 9.69 Å². The summed E-state index contributed by atoms with van der Waals surface area (Å²) in [5.41, 5.74) is 0.676. The van der Waals surface area contributed by atoms with Crippen LogP contribution in [0.2, 0.25) is 0 Å². The summed E-state index contributed by atoms with van der Waals surface area (Å²) < 4.78 is 45.1. The lowest BCUT2D eigenvalue weighted by atomic mass is 9.98. The van der Waals surface area contributed by atoms with Crippen molar-refractivity contribution in [3.63, 3.8) is 0 Å². The van der Waals surface area contributed by atoms with E-state index in [2.05, 4.69) is 0 Å². The maximum atomic E-state index is 13.9. The highest BCUT2D eigenvalue weighted by molar-refractivity contribution is 7.89. The minimum absolute atomic E-state index is 0.0933. The molecular formula is C26H27N3O6S2. The molecule has 0 saturated carbocycles. The van der Waals surface area contributed by atoms with E-state index in [1.54, 1.807) is 42.5 Å². The Balaban J connectivity index is 1.43. The summed E-state index contributed by atoms with van der Waals surface area (Å²) in [5, 5.41) is 0.510. The van der Waals surface area contributed by atoms with Gasteiger partial charge in [0, 0.05) is 13.1 Å². The third-order valence-corrected chi connectivity index (χ3v) is 9.34. The SMILES string of the molecule is COc1ccc(S(=O)(=O)N2CCCC(C(=O)N(Cc3ccco3)c3nc4c(OC)cccc4s3)C2)cc1. The highest BCUT2D eigenvalue weighted by Crippen LogP contribution is 2.36. The number of thiazole rings is 1. The fourth-order valence-electron chi connectivity index (χ4n) is 4.47. The number of furan rings is 1. The van der Waals surface area contributed by atoms with Crippen LogP contribution in [0.4, 0.5) is 5.13 Å². The summed E-state index contributed by atoms with van der Waals surface area (Å²) in [6.07, 6.45) is 2.72. The Morgan fingerprint density at radius 1 is 1.14 bits per heavy atom.